The summed E-state index contributed by atoms with van der Waals surface area (Å²) < 4.78 is 12.6. The van der Waals surface area contributed by atoms with Crippen LogP contribution in [0.5, 0.6) is 11.5 Å². The van der Waals surface area contributed by atoms with Crippen LogP contribution in [-0.4, -0.2) is 39.3 Å². The van der Waals surface area contributed by atoms with Crippen molar-refractivity contribution < 1.29 is 14.3 Å². The first-order chi connectivity index (χ1) is 10.6. The molecular formula is C14H17N5O3. The highest BCUT2D eigenvalue weighted by Crippen LogP contribution is 2.30. The molecule has 2 heterocycles. The summed E-state index contributed by atoms with van der Waals surface area (Å²) >= 11 is 0. The molecule has 0 spiro atoms. The maximum Gasteiger partial charge on any atom is 0.251 e. The van der Waals surface area contributed by atoms with Crippen molar-refractivity contribution in [1.82, 2.24) is 25.5 Å². The first kappa shape index (κ1) is 14.3. The Morgan fingerprint density at radius 2 is 2.09 bits per heavy atom. The fraction of sp³-hybridized carbons (Fsp3) is 0.429. The van der Waals surface area contributed by atoms with E-state index in [0.717, 1.165) is 0 Å². The number of aromatic nitrogens is 4. The third-order valence-corrected chi connectivity index (χ3v) is 3.26. The Balaban J connectivity index is 1.68. The lowest BCUT2D eigenvalue weighted by atomic mass is 10.2. The molecule has 0 saturated heterocycles. The van der Waals surface area contributed by atoms with Gasteiger partial charge in [-0.2, -0.15) is 0 Å². The van der Waals surface area contributed by atoms with Crippen molar-refractivity contribution >= 4 is 5.91 Å². The number of ether oxygens (including phenoxy) is 2. The average molecular weight is 303 g/mol. The maximum atomic E-state index is 12.2. The largest absolute Gasteiger partial charge is 0.486 e. The van der Waals surface area contributed by atoms with E-state index in [1.54, 1.807) is 22.9 Å². The molecule has 0 radical (unpaired) electrons. The SMILES string of the molecule is CC(C)n1nnnc1CNC(=O)c1ccc2c(c1)OCCO2. The van der Waals surface area contributed by atoms with E-state index in [1.807, 2.05) is 13.8 Å². The summed E-state index contributed by atoms with van der Waals surface area (Å²) in [5.41, 5.74) is 0.507. The standard InChI is InChI=1S/C14H17N5O3/c1-9(2)19-13(16-17-18-19)8-15-14(20)10-3-4-11-12(7-10)22-6-5-21-11/h3-4,7,9H,5-6,8H2,1-2H3,(H,15,20). The smallest absolute Gasteiger partial charge is 0.251 e. The Morgan fingerprint density at radius 1 is 1.32 bits per heavy atom. The molecule has 1 aromatic heterocycles. The van der Waals surface area contributed by atoms with Gasteiger partial charge in [0.25, 0.3) is 5.91 Å². The van der Waals surface area contributed by atoms with E-state index in [0.29, 0.717) is 36.1 Å². The Morgan fingerprint density at radius 3 is 2.86 bits per heavy atom. The van der Waals surface area contributed by atoms with Gasteiger partial charge in [-0.3, -0.25) is 4.79 Å². The van der Waals surface area contributed by atoms with Gasteiger partial charge in [0.05, 0.1) is 12.6 Å². The molecule has 2 aromatic rings. The fourth-order valence-corrected chi connectivity index (χ4v) is 2.18. The topological polar surface area (TPSA) is 91.2 Å². The van der Waals surface area contributed by atoms with Crippen LogP contribution < -0.4 is 14.8 Å². The first-order valence-electron chi connectivity index (χ1n) is 7.09. The summed E-state index contributed by atoms with van der Waals surface area (Å²) in [6.45, 7) is 5.22. The van der Waals surface area contributed by atoms with E-state index in [-0.39, 0.29) is 18.5 Å². The van der Waals surface area contributed by atoms with Crippen LogP contribution in [0.2, 0.25) is 0 Å². The summed E-state index contributed by atoms with van der Waals surface area (Å²) in [7, 11) is 0. The van der Waals surface area contributed by atoms with E-state index in [1.165, 1.54) is 0 Å². The highest BCUT2D eigenvalue weighted by atomic mass is 16.6. The van der Waals surface area contributed by atoms with Crippen molar-refractivity contribution in [2.24, 2.45) is 0 Å². The highest BCUT2D eigenvalue weighted by Gasteiger charge is 2.16. The molecule has 1 aliphatic rings. The molecule has 3 rings (SSSR count). The third kappa shape index (κ3) is 2.85. The third-order valence-electron chi connectivity index (χ3n) is 3.26. The van der Waals surface area contributed by atoms with Crippen LogP contribution >= 0.6 is 0 Å². The Bertz CT molecular complexity index is 683. The number of carbonyl (C=O) groups is 1. The van der Waals surface area contributed by atoms with Gasteiger partial charge in [-0.1, -0.05) is 0 Å². The number of benzene rings is 1. The second-order valence-corrected chi connectivity index (χ2v) is 5.17. The van der Waals surface area contributed by atoms with Crippen molar-refractivity contribution in [3.63, 3.8) is 0 Å². The van der Waals surface area contributed by atoms with E-state index >= 15 is 0 Å². The zero-order valence-electron chi connectivity index (χ0n) is 12.4. The van der Waals surface area contributed by atoms with Crippen LogP contribution in [-0.2, 0) is 6.54 Å². The summed E-state index contributed by atoms with van der Waals surface area (Å²) in [6.07, 6.45) is 0. The van der Waals surface area contributed by atoms with Crippen molar-refractivity contribution in [3.8, 4) is 11.5 Å². The first-order valence-corrected chi connectivity index (χ1v) is 7.09. The summed E-state index contributed by atoms with van der Waals surface area (Å²) in [4.78, 5) is 12.2. The van der Waals surface area contributed by atoms with Gasteiger partial charge in [0.15, 0.2) is 17.3 Å². The molecule has 1 N–H and O–H groups in total. The van der Waals surface area contributed by atoms with Crippen LogP contribution in [0.25, 0.3) is 0 Å². The summed E-state index contributed by atoms with van der Waals surface area (Å²) in [5, 5.41) is 14.2. The lowest BCUT2D eigenvalue weighted by Crippen LogP contribution is -2.25. The monoisotopic (exact) mass is 303 g/mol. The molecule has 8 heteroatoms. The van der Waals surface area contributed by atoms with Crippen LogP contribution in [0.4, 0.5) is 0 Å². The summed E-state index contributed by atoms with van der Waals surface area (Å²) in [5.74, 6) is 1.65. The molecule has 0 aliphatic carbocycles. The Labute approximate surface area is 127 Å². The van der Waals surface area contributed by atoms with Gasteiger partial charge in [0.2, 0.25) is 0 Å². The molecule has 1 aromatic carbocycles. The quantitative estimate of drug-likeness (QED) is 0.904. The lowest BCUT2D eigenvalue weighted by molar-refractivity contribution is 0.0948. The number of amides is 1. The van der Waals surface area contributed by atoms with Gasteiger partial charge in [-0.25, -0.2) is 4.68 Å². The van der Waals surface area contributed by atoms with Crippen molar-refractivity contribution in [3.05, 3.63) is 29.6 Å². The van der Waals surface area contributed by atoms with Gasteiger partial charge >= 0.3 is 0 Å². The molecule has 0 atom stereocenters. The number of fused-ring (bicyclic) bond motifs is 1. The van der Waals surface area contributed by atoms with Gasteiger partial charge in [0, 0.05) is 5.56 Å². The van der Waals surface area contributed by atoms with Gasteiger partial charge in [0.1, 0.15) is 13.2 Å². The molecular weight excluding hydrogens is 286 g/mol. The van der Waals surface area contributed by atoms with Gasteiger partial charge in [-0.15, -0.1) is 5.10 Å². The van der Waals surface area contributed by atoms with E-state index in [9.17, 15) is 4.79 Å². The zero-order chi connectivity index (χ0) is 15.5. The minimum atomic E-state index is -0.213. The number of hydrogen-bond donors (Lipinski definition) is 1. The average Bonchev–Trinajstić information content (AvgIpc) is 3.01. The fourth-order valence-electron chi connectivity index (χ4n) is 2.18. The maximum absolute atomic E-state index is 12.2. The number of nitrogens with zero attached hydrogens (tertiary/aromatic N) is 4. The van der Waals surface area contributed by atoms with E-state index in [2.05, 4.69) is 20.8 Å². The molecule has 1 amide bonds. The molecule has 116 valence electrons. The molecule has 0 unspecified atom stereocenters. The van der Waals surface area contributed by atoms with Crippen molar-refractivity contribution in [2.75, 3.05) is 13.2 Å². The zero-order valence-corrected chi connectivity index (χ0v) is 12.4. The minimum absolute atomic E-state index is 0.135. The van der Waals surface area contributed by atoms with Crippen LogP contribution in [0.3, 0.4) is 0 Å². The number of hydrogen-bond acceptors (Lipinski definition) is 6. The molecule has 0 bridgehead atoms. The number of rotatable bonds is 4. The molecule has 8 nitrogen and oxygen atoms in total. The normalized spacial score (nSPS) is 13.2. The van der Waals surface area contributed by atoms with Crippen molar-refractivity contribution in [2.45, 2.75) is 26.4 Å². The van der Waals surface area contributed by atoms with Gasteiger partial charge in [-0.05, 0) is 42.5 Å². The molecule has 0 saturated carbocycles. The molecule has 1 aliphatic heterocycles. The number of nitrogens with one attached hydrogen (secondary N) is 1. The molecule has 0 fully saturated rings. The number of carbonyl (C=O) groups excluding carboxylic acids is 1. The summed E-state index contributed by atoms with van der Waals surface area (Å²) in [6, 6.07) is 5.25. The van der Waals surface area contributed by atoms with E-state index in [4.69, 9.17) is 9.47 Å². The number of tetrazole rings is 1. The second-order valence-electron chi connectivity index (χ2n) is 5.17. The van der Waals surface area contributed by atoms with Crippen LogP contribution in [0, 0.1) is 0 Å². The van der Waals surface area contributed by atoms with Crippen molar-refractivity contribution in [1.29, 1.82) is 0 Å². The second kappa shape index (κ2) is 6.00. The minimum Gasteiger partial charge on any atom is -0.486 e. The van der Waals surface area contributed by atoms with E-state index < -0.39 is 0 Å². The lowest BCUT2D eigenvalue weighted by Gasteiger charge is -2.18. The van der Waals surface area contributed by atoms with Crippen LogP contribution in [0.15, 0.2) is 18.2 Å². The predicted octanol–water partition coefficient (Wildman–Crippen LogP) is 0.955. The van der Waals surface area contributed by atoms with Crippen LogP contribution in [0.1, 0.15) is 36.1 Å². The highest BCUT2D eigenvalue weighted by molar-refractivity contribution is 5.94. The Hall–Kier alpha value is -2.64. The predicted molar refractivity (Wildman–Crippen MR) is 76.8 cm³/mol. The van der Waals surface area contributed by atoms with Gasteiger partial charge < -0.3 is 14.8 Å². The Kier molecular flexibility index (Phi) is 3.90. The molecule has 22 heavy (non-hydrogen) atoms.